The number of nitrogens with zero attached hydrogens (tertiary/aromatic N) is 1. The van der Waals surface area contributed by atoms with Gasteiger partial charge in [-0.15, -0.1) is 0 Å². The third-order valence-corrected chi connectivity index (χ3v) is 4.53. The molecule has 1 amide bonds. The van der Waals surface area contributed by atoms with Crippen molar-refractivity contribution in [2.24, 2.45) is 23.2 Å². The molecular weight excluding hydrogens is 234 g/mol. The monoisotopic (exact) mass is 255 g/mol. The van der Waals surface area contributed by atoms with Gasteiger partial charge in [-0.1, -0.05) is 20.8 Å². The van der Waals surface area contributed by atoms with E-state index < -0.39 is 23.2 Å². The zero-order chi connectivity index (χ0) is 13.7. The molecule has 2 unspecified atom stereocenters. The van der Waals surface area contributed by atoms with Crippen molar-refractivity contribution < 1.29 is 19.8 Å². The lowest BCUT2D eigenvalue weighted by Gasteiger charge is -2.34. The third kappa shape index (κ3) is 2.00. The minimum Gasteiger partial charge on any atom is -0.481 e. The summed E-state index contributed by atoms with van der Waals surface area (Å²) < 4.78 is 0. The van der Waals surface area contributed by atoms with Crippen LogP contribution in [0.3, 0.4) is 0 Å². The van der Waals surface area contributed by atoms with Crippen LogP contribution in [0.4, 0.5) is 0 Å². The van der Waals surface area contributed by atoms with Crippen LogP contribution in [0, 0.1) is 23.2 Å². The first-order valence-corrected chi connectivity index (χ1v) is 6.46. The Morgan fingerprint density at radius 2 is 1.89 bits per heavy atom. The van der Waals surface area contributed by atoms with E-state index in [-0.39, 0.29) is 17.9 Å². The van der Waals surface area contributed by atoms with E-state index in [1.54, 1.807) is 4.90 Å². The summed E-state index contributed by atoms with van der Waals surface area (Å²) in [5, 5.41) is 18.7. The number of aliphatic carboxylic acids is 1. The van der Waals surface area contributed by atoms with E-state index >= 15 is 0 Å². The van der Waals surface area contributed by atoms with E-state index in [4.69, 9.17) is 5.11 Å². The predicted octanol–water partition coefficient (Wildman–Crippen LogP) is 0.572. The Hall–Kier alpha value is -1.10. The average Bonchev–Trinajstić information content (AvgIpc) is 2.85. The topological polar surface area (TPSA) is 77.8 Å². The van der Waals surface area contributed by atoms with Gasteiger partial charge in [-0.05, 0) is 17.8 Å². The quantitative estimate of drug-likeness (QED) is 0.756. The number of likely N-dealkylation sites (tertiary alicyclic amines) is 1. The lowest BCUT2D eigenvalue weighted by Crippen LogP contribution is -2.46. The van der Waals surface area contributed by atoms with E-state index in [1.807, 2.05) is 20.8 Å². The first kappa shape index (κ1) is 13.3. The summed E-state index contributed by atoms with van der Waals surface area (Å²) in [5.41, 5.74) is -0.442. The summed E-state index contributed by atoms with van der Waals surface area (Å²) in [6.07, 6.45) is 0.231. The fraction of sp³-hybridized carbons (Fsp3) is 0.846. The summed E-state index contributed by atoms with van der Waals surface area (Å²) in [5.74, 6) is -1.85. The van der Waals surface area contributed by atoms with Gasteiger partial charge < -0.3 is 15.1 Å². The van der Waals surface area contributed by atoms with E-state index in [1.165, 1.54) is 0 Å². The molecule has 5 heteroatoms. The minimum atomic E-state index is -0.886. The van der Waals surface area contributed by atoms with Crippen LogP contribution in [0.2, 0.25) is 0 Å². The van der Waals surface area contributed by atoms with Crippen LogP contribution < -0.4 is 0 Å². The molecule has 1 saturated carbocycles. The maximum absolute atomic E-state index is 12.3. The van der Waals surface area contributed by atoms with E-state index in [0.29, 0.717) is 19.5 Å². The maximum Gasteiger partial charge on any atom is 0.307 e. The Labute approximate surface area is 107 Å². The SMILES string of the molecule is CC1CN(C(=O)[C@H]2[C@@H](C(=O)O)C2(C)C)CCC1O. The van der Waals surface area contributed by atoms with Gasteiger partial charge in [0.05, 0.1) is 17.9 Å². The predicted molar refractivity (Wildman–Crippen MR) is 64.8 cm³/mol. The van der Waals surface area contributed by atoms with Gasteiger partial charge >= 0.3 is 5.97 Å². The van der Waals surface area contributed by atoms with E-state index in [9.17, 15) is 14.7 Å². The Morgan fingerprint density at radius 3 is 2.33 bits per heavy atom. The molecule has 2 rings (SSSR count). The fourth-order valence-corrected chi connectivity index (χ4v) is 3.09. The lowest BCUT2D eigenvalue weighted by atomic mass is 9.96. The Balaban J connectivity index is 2.03. The molecule has 5 nitrogen and oxygen atoms in total. The second kappa shape index (κ2) is 4.23. The van der Waals surface area contributed by atoms with Crippen molar-refractivity contribution in [1.82, 2.24) is 4.90 Å². The summed E-state index contributed by atoms with van der Waals surface area (Å²) in [4.78, 5) is 25.1. The van der Waals surface area contributed by atoms with Crippen molar-refractivity contribution in [1.29, 1.82) is 0 Å². The zero-order valence-corrected chi connectivity index (χ0v) is 11.1. The van der Waals surface area contributed by atoms with Crippen LogP contribution in [0.15, 0.2) is 0 Å². The number of hydrogen-bond donors (Lipinski definition) is 2. The number of aliphatic hydroxyl groups excluding tert-OH is 1. The first-order valence-electron chi connectivity index (χ1n) is 6.46. The lowest BCUT2D eigenvalue weighted by molar-refractivity contribution is -0.143. The molecule has 1 aliphatic heterocycles. The molecule has 2 aliphatic rings. The van der Waals surface area contributed by atoms with Crippen LogP contribution >= 0.6 is 0 Å². The second-order valence-electron chi connectivity index (χ2n) is 6.23. The molecular formula is C13H21NO4. The van der Waals surface area contributed by atoms with Gasteiger partial charge in [0, 0.05) is 13.1 Å². The molecule has 18 heavy (non-hydrogen) atoms. The molecule has 1 heterocycles. The highest BCUT2D eigenvalue weighted by Crippen LogP contribution is 2.59. The molecule has 0 radical (unpaired) electrons. The highest BCUT2D eigenvalue weighted by Gasteiger charge is 2.66. The molecule has 0 aromatic heterocycles. The molecule has 4 atom stereocenters. The Morgan fingerprint density at radius 1 is 1.28 bits per heavy atom. The van der Waals surface area contributed by atoms with Gasteiger partial charge in [0.2, 0.25) is 5.91 Å². The Bertz CT molecular complexity index is 379. The minimum absolute atomic E-state index is 0.0628. The average molecular weight is 255 g/mol. The number of hydrogen-bond acceptors (Lipinski definition) is 3. The van der Waals surface area contributed by atoms with Crippen molar-refractivity contribution >= 4 is 11.9 Å². The van der Waals surface area contributed by atoms with Crippen LogP contribution in [0.5, 0.6) is 0 Å². The van der Waals surface area contributed by atoms with Gasteiger partial charge in [0.1, 0.15) is 0 Å². The van der Waals surface area contributed by atoms with E-state index in [2.05, 4.69) is 0 Å². The van der Waals surface area contributed by atoms with Crippen LogP contribution in [-0.4, -0.2) is 46.2 Å². The summed E-state index contributed by atoms with van der Waals surface area (Å²) in [7, 11) is 0. The van der Waals surface area contributed by atoms with Crippen molar-refractivity contribution in [2.45, 2.75) is 33.3 Å². The number of piperidine rings is 1. The number of rotatable bonds is 2. The molecule has 2 fully saturated rings. The van der Waals surface area contributed by atoms with Crippen molar-refractivity contribution in [2.75, 3.05) is 13.1 Å². The van der Waals surface area contributed by atoms with Gasteiger partial charge in [-0.25, -0.2) is 0 Å². The summed E-state index contributed by atoms with van der Waals surface area (Å²) in [6.45, 7) is 6.63. The Kier molecular flexibility index (Phi) is 3.13. The highest BCUT2D eigenvalue weighted by molar-refractivity contribution is 5.91. The standard InChI is InChI=1S/C13H21NO4/c1-7-6-14(5-4-8(7)15)11(16)9-10(12(17)18)13(9,2)3/h7-10,15H,4-6H2,1-3H3,(H,17,18)/t7?,8?,9-,10+/m1/s1. The number of amides is 1. The molecule has 102 valence electrons. The summed E-state index contributed by atoms with van der Waals surface area (Å²) >= 11 is 0. The van der Waals surface area contributed by atoms with Gasteiger partial charge in [-0.2, -0.15) is 0 Å². The number of carboxylic acid groups (broad SMARTS) is 1. The first-order chi connectivity index (χ1) is 8.26. The largest absolute Gasteiger partial charge is 0.481 e. The van der Waals surface area contributed by atoms with E-state index in [0.717, 1.165) is 0 Å². The van der Waals surface area contributed by atoms with Crippen LogP contribution in [0.25, 0.3) is 0 Å². The fourth-order valence-electron chi connectivity index (χ4n) is 3.09. The molecule has 1 saturated heterocycles. The number of carboxylic acids is 1. The molecule has 0 aromatic carbocycles. The van der Waals surface area contributed by atoms with Crippen LogP contribution in [0.1, 0.15) is 27.2 Å². The number of carbonyl (C=O) groups excluding carboxylic acids is 1. The van der Waals surface area contributed by atoms with Gasteiger partial charge in [0.15, 0.2) is 0 Å². The molecule has 0 bridgehead atoms. The summed E-state index contributed by atoms with van der Waals surface area (Å²) in [6, 6.07) is 0. The normalized spacial score (nSPS) is 38.3. The molecule has 0 aromatic rings. The van der Waals surface area contributed by atoms with Crippen molar-refractivity contribution in [3.8, 4) is 0 Å². The molecule has 0 spiro atoms. The van der Waals surface area contributed by atoms with Crippen molar-refractivity contribution in [3.05, 3.63) is 0 Å². The highest BCUT2D eigenvalue weighted by atomic mass is 16.4. The van der Waals surface area contributed by atoms with Crippen molar-refractivity contribution in [3.63, 3.8) is 0 Å². The zero-order valence-electron chi connectivity index (χ0n) is 11.1. The maximum atomic E-state index is 12.3. The molecule has 1 aliphatic carbocycles. The number of aliphatic hydroxyl groups is 1. The van der Waals surface area contributed by atoms with Gasteiger partial charge in [-0.3, -0.25) is 9.59 Å². The third-order valence-electron chi connectivity index (χ3n) is 4.53. The van der Waals surface area contributed by atoms with Gasteiger partial charge in [0.25, 0.3) is 0 Å². The number of carbonyl (C=O) groups is 2. The smallest absolute Gasteiger partial charge is 0.307 e. The molecule has 2 N–H and O–H groups in total. The van der Waals surface area contributed by atoms with Crippen LogP contribution in [-0.2, 0) is 9.59 Å². The second-order valence-corrected chi connectivity index (χ2v) is 6.23.